The molecule has 122 valence electrons. The van der Waals surface area contributed by atoms with Gasteiger partial charge in [-0.05, 0) is 43.5 Å². The Morgan fingerprint density at radius 2 is 2.22 bits per heavy atom. The van der Waals surface area contributed by atoms with Gasteiger partial charge in [0.05, 0.1) is 24.9 Å². The average Bonchev–Trinajstić information content (AvgIpc) is 3.23. The molecule has 5 nitrogen and oxygen atoms in total. The fourth-order valence-electron chi connectivity index (χ4n) is 4.60. The molecule has 0 saturated heterocycles. The Hall–Kier alpha value is -1.56. The first-order chi connectivity index (χ1) is 11.2. The third kappa shape index (κ3) is 2.11. The van der Waals surface area contributed by atoms with Crippen molar-refractivity contribution in [1.82, 2.24) is 0 Å². The number of methoxy groups -OCH3 is 1. The van der Waals surface area contributed by atoms with Crippen LogP contribution in [0.4, 0.5) is 0 Å². The number of esters is 2. The Morgan fingerprint density at radius 3 is 2.96 bits per heavy atom. The highest BCUT2D eigenvalue weighted by atomic mass is 32.2. The lowest BCUT2D eigenvalue weighted by Crippen LogP contribution is -2.46. The van der Waals surface area contributed by atoms with E-state index in [0.717, 1.165) is 17.9 Å². The number of aromatic nitrogens is 1. The summed E-state index contributed by atoms with van der Waals surface area (Å²) in [5.41, 5.74) is 0.626. The first-order valence-electron chi connectivity index (χ1n) is 8.11. The van der Waals surface area contributed by atoms with E-state index < -0.39 is 0 Å². The van der Waals surface area contributed by atoms with Crippen LogP contribution in [0.2, 0.25) is 0 Å². The SMILES string of the molecule is CCOC(=O)[C@H]1C[C@H]2C[C@@H]1[C@H]1Sc3c(C(=O)OC)ccc[n+]3[C@H]21. The fraction of sp³-hybridized carbons (Fsp3) is 0.588. The predicted molar refractivity (Wildman–Crippen MR) is 83.0 cm³/mol. The monoisotopic (exact) mass is 334 g/mol. The smallest absolute Gasteiger partial charge is 0.345 e. The maximum Gasteiger partial charge on any atom is 0.345 e. The molecule has 2 fully saturated rings. The van der Waals surface area contributed by atoms with Crippen molar-refractivity contribution >= 4 is 23.7 Å². The molecule has 0 N–H and O–H groups in total. The van der Waals surface area contributed by atoms with Crippen molar-refractivity contribution in [2.75, 3.05) is 13.7 Å². The highest BCUT2D eigenvalue weighted by Gasteiger charge is 2.63. The van der Waals surface area contributed by atoms with E-state index in [0.29, 0.717) is 35.3 Å². The van der Waals surface area contributed by atoms with E-state index in [9.17, 15) is 9.59 Å². The van der Waals surface area contributed by atoms with Gasteiger partial charge in [-0.15, -0.1) is 0 Å². The molecular formula is C17H20NO4S+. The first kappa shape index (κ1) is 15.0. The molecule has 1 aliphatic heterocycles. The summed E-state index contributed by atoms with van der Waals surface area (Å²) in [6.45, 7) is 2.29. The summed E-state index contributed by atoms with van der Waals surface area (Å²) in [5, 5.41) is 1.34. The highest BCUT2D eigenvalue weighted by Crippen LogP contribution is 2.60. The van der Waals surface area contributed by atoms with Crippen LogP contribution in [0.1, 0.15) is 36.2 Å². The summed E-state index contributed by atoms with van der Waals surface area (Å²) in [4.78, 5) is 24.2. The fourth-order valence-corrected chi connectivity index (χ4v) is 6.41. The van der Waals surface area contributed by atoms with Crippen molar-refractivity contribution in [3.05, 3.63) is 23.9 Å². The van der Waals surface area contributed by atoms with Gasteiger partial charge >= 0.3 is 11.9 Å². The summed E-state index contributed by atoms with van der Waals surface area (Å²) in [7, 11) is 1.41. The maximum atomic E-state index is 12.2. The predicted octanol–water partition coefficient (Wildman–Crippen LogP) is 2.00. The molecule has 2 aliphatic carbocycles. The van der Waals surface area contributed by atoms with Gasteiger partial charge in [0, 0.05) is 12.0 Å². The number of carbonyl (C=O) groups is 2. The number of nitrogens with zero attached hydrogens (tertiary/aromatic N) is 1. The van der Waals surface area contributed by atoms with Crippen molar-refractivity contribution in [3.63, 3.8) is 0 Å². The van der Waals surface area contributed by atoms with Crippen molar-refractivity contribution < 1.29 is 23.6 Å². The minimum Gasteiger partial charge on any atom is -0.466 e. The highest BCUT2D eigenvalue weighted by molar-refractivity contribution is 8.00. The van der Waals surface area contributed by atoms with Gasteiger partial charge in [-0.25, -0.2) is 4.79 Å². The molecule has 0 aromatic carbocycles. The molecule has 1 aromatic rings. The van der Waals surface area contributed by atoms with Gasteiger partial charge in [0.25, 0.3) is 5.03 Å². The summed E-state index contributed by atoms with van der Waals surface area (Å²) in [6.07, 6.45) is 4.04. The second-order valence-corrected chi connectivity index (χ2v) is 7.62. The zero-order chi connectivity index (χ0) is 16.1. The van der Waals surface area contributed by atoms with E-state index in [4.69, 9.17) is 9.47 Å². The van der Waals surface area contributed by atoms with E-state index in [-0.39, 0.29) is 17.9 Å². The van der Waals surface area contributed by atoms with Crippen LogP contribution in [0.15, 0.2) is 23.4 Å². The van der Waals surface area contributed by atoms with E-state index >= 15 is 0 Å². The molecule has 0 radical (unpaired) electrons. The van der Waals surface area contributed by atoms with Crippen LogP contribution in [0, 0.1) is 17.8 Å². The molecule has 3 aliphatic rings. The van der Waals surface area contributed by atoms with Crippen LogP contribution in [0.5, 0.6) is 0 Å². The number of thioether (sulfide) groups is 1. The third-order valence-electron chi connectivity index (χ3n) is 5.43. The van der Waals surface area contributed by atoms with Gasteiger partial charge in [-0.2, -0.15) is 4.57 Å². The zero-order valence-corrected chi connectivity index (χ0v) is 14.0. The van der Waals surface area contributed by atoms with Crippen LogP contribution in [-0.4, -0.2) is 30.9 Å². The van der Waals surface area contributed by atoms with Gasteiger partial charge in [0.1, 0.15) is 5.56 Å². The number of carbonyl (C=O) groups excluding carboxylic acids is 2. The van der Waals surface area contributed by atoms with Gasteiger partial charge in [0.2, 0.25) is 0 Å². The number of hydrogen-bond acceptors (Lipinski definition) is 5. The number of hydrogen-bond donors (Lipinski definition) is 0. The molecule has 23 heavy (non-hydrogen) atoms. The summed E-state index contributed by atoms with van der Waals surface area (Å²) in [5.74, 6) is 0.514. The van der Waals surface area contributed by atoms with Crippen molar-refractivity contribution in [1.29, 1.82) is 0 Å². The number of pyridine rings is 1. The molecule has 0 spiro atoms. The first-order valence-corrected chi connectivity index (χ1v) is 8.99. The molecule has 5 atom stereocenters. The Kier molecular flexibility index (Phi) is 3.59. The van der Waals surface area contributed by atoms with Crippen LogP contribution in [0.3, 0.4) is 0 Å². The van der Waals surface area contributed by atoms with Crippen LogP contribution in [-0.2, 0) is 14.3 Å². The molecule has 0 unspecified atom stereocenters. The van der Waals surface area contributed by atoms with Gasteiger partial charge in [-0.1, -0.05) is 0 Å². The molecule has 2 heterocycles. The van der Waals surface area contributed by atoms with Crippen molar-refractivity contribution in [2.24, 2.45) is 17.8 Å². The summed E-state index contributed by atoms with van der Waals surface area (Å²) in [6, 6.07) is 4.11. The van der Waals surface area contributed by atoms with Gasteiger partial charge in [0.15, 0.2) is 12.2 Å². The molecular weight excluding hydrogens is 314 g/mol. The number of fused-ring (bicyclic) bond motifs is 7. The van der Waals surface area contributed by atoms with Gasteiger partial charge < -0.3 is 9.47 Å². The standard InChI is InChI=1S/C17H20NO4S/c1-3-22-17(20)12-8-9-7-11(12)14-13(9)18-6-4-5-10(15(18)23-14)16(19)21-2/h4-6,9,11-14H,3,7-8H2,1-2H3/q+1/t9-,11+,12+,13-,14-/m1/s1. The van der Waals surface area contributed by atoms with E-state index in [1.54, 1.807) is 11.8 Å². The molecule has 2 bridgehead atoms. The van der Waals surface area contributed by atoms with Crippen LogP contribution >= 0.6 is 11.8 Å². The largest absolute Gasteiger partial charge is 0.466 e. The normalized spacial score (nSPS) is 33.2. The topological polar surface area (TPSA) is 56.5 Å². The Balaban J connectivity index is 1.65. The average molecular weight is 334 g/mol. The molecule has 0 amide bonds. The van der Waals surface area contributed by atoms with Crippen molar-refractivity contribution in [3.8, 4) is 0 Å². The molecule has 1 aromatic heterocycles. The van der Waals surface area contributed by atoms with Crippen molar-refractivity contribution in [2.45, 2.75) is 36.1 Å². The zero-order valence-electron chi connectivity index (χ0n) is 13.2. The third-order valence-corrected chi connectivity index (χ3v) is 6.98. The lowest BCUT2D eigenvalue weighted by Gasteiger charge is -2.25. The van der Waals surface area contributed by atoms with Gasteiger partial charge in [-0.3, -0.25) is 4.79 Å². The number of ether oxygens (including phenoxy) is 2. The van der Waals surface area contributed by atoms with Crippen LogP contribution < -0.4 is 4.57 Å². The molecule has 2 saturated carbocycles. The van der Waals surface area contributed by atoms with Crippen LogP contribution in [0.25, 0.3) is 0 Å². The minimum atomic E-state index is -0.295. The molecule has 4 rings (SSSR count). The minimum absolute atomic E-state index is 0.0187. The Morgan fingerprint density at radius 1 is 1.39 bits per heavy atom. The second kappa shape index (κ2) is 5.51. The maximum absolute atomic E-state index is 12.2. The molecule has 6 heteroatoms. The second-order valence-electron chi connectivity index (χ2n) is 6.45. The summed E-state index contributed by atoms with van der Waals surface area (Å²) >= 11 is 1.73. The Labute approximate surface area is 139 Å². The summed E-state index contributed by atoms with van der Waals surface area (Å²) < 4.78 is 12.4. The Bertz CT molecular complexity index is 677. The lowest BCUT2D eigenvalue weighted by molar-refractivity contribution is -0.756. The number of rotatable bonds is 3. The van der Waals surface area contributed by atoms with E-state index in [1.165, 1.54) is 7.11 Å². The quantitative estimate of drug-likeness (QED) is 0.625. The van der Waals surface area contributed by atoms with E-state index in [1.807, 2.05) is 19.1 Å². The lowest BCUT2D eigenvalue weighted by atomic mass is 9.85. The van der Waals surface area contributed by atoms with E-state index in [2.05, 4.69) is 10.8 Å².